The summed E-state index contributed by atoms with van der Waals surface area (Å²) in [5.74, 6) is 8.55. The van der Waals surface area contributed by atoms with E-state index in [1.807, 2.05) is 24.3 Å². The van der Waals surface area contributed by atoms with Gasteiger partial charge in [-0.15, -0.1) is 11.3 Å². The van der Waals surface area contributed by atoms with Gasteiger partial charge >= 0.3 is 0 Å². The molecule has 2 N–H and O–H groups in total. The first-order valence-electron chi connectivity index (χ1n) is 9.88. The van der Waals surface area contributed by atoms with Gasteiger partial charge in [-0.05, 0) is 55.8 Å². The molecule has 0 radical (unpaired) electrons. The van der Waals surface area contributed by atoms with E-state index in [2.05, 4.69) is 37.4 Å². The van der Waals surface area contributed by atoms with Crippen molar-refractivity contribution in [3.05, 3.63) is 65.0 Å². The number of hydrogen-bond acceptors (Lipinski definition) is 7. The first-order valence-corrected chi connectivity index (χ1v) is 11.1. The molecule has 0 amide bonds. The number of pyridine rings is 1. The molecular formula is C23H18ClN5OS. The largest absolute Gasteiger partial charge is 0.456 e. The fraction of sp³-hybridized carbons (Fsp3) is 0.174. The molecule has 4 heterocycles. The lowest BCUT2D eigenvalue weighted by molar-refractivity contribution is 0.482. The molecule has 8 heteroatoms. The molecular weight excluding hydrogens is 430 g/mol. The van der Waals surface area contributed by atoms with Crippen molar-refractivity contribution < 1.29 is 4.74 Å². The van der Waals surface area contributed by atoms with Gasteiger partial charge in [0.05, 0.1) is 26.2 Å². The number of hydrogen-bond donors (Lipinski definition) is 2. The molecule has 1 aliphatic heterocycles. The summed E-state index contributed by atoms with van der Waals surface area (Å²) in [5.41, 5.74) is 1.68. The second kappa shape index (κ2) is 8.90. The summed E-state index contributed by atoms with van der Waals surface area (Å²) in [4.78, 5) is 13.8. The molecule has 0 aliphatic carbocycles. The van der Waals surface area contributed by atoms with Crippen LogP contribution in [0.2, 0.25) is 5.02 Å². The molecule has 6 nitrogen and oxygen atoms in total. The summed E-state index contributed by atoms with van der Waals surface area (Å²) in [5, 5.41) is 7.23. The summed E-state index contributed by atoms with van der Waals surface area (Å²) < 4.78 is 6.77. The Hall–Kier alpha value is -3.18. The maximum atomic E-state index is 6.44. The summed E-state index contributed by atoms with van der Waals surface area (Å²) >= 11 is 8.02. The van der Waals surface area contributed by atoms with Crippen LogP contribution in [0.3, 0.4) is 0 Å². The van der Waals surface area contributed by atoms with E-state index >= 15 is 0 Å². The van der Waals surface area contributed by atoms with Crippen LogP contribution in [0.15, 0.2) is 55.1 Å². The highest BCUT2D eigenvalue weighted by Gasteiger charge is 2.12. The smallest absolute Gasteiger partial charge is 0.151 e. The summed E-state index contributed by atoms with van der Waals surface area (Å²) in [6.07, 6.45) is 7.18. The van der Waals surface area contributed by atoms with Crippen LogP contribution in [0.25, 0.3) is 10.2 Å². The molecule has 0 spiro atoms. The van der Waals surface area contributed by atoms with Crippen molar-refractivity contribution in [1.82, 2.24) is 20.3 Å². The molecule has 0 saturated carbocycles. The molecule has 4 aromatic rings. The molecule has 0 unspecified atom stereocenters. The molecule has 1 aliphatic rings. The van der Waals surface area contributed by atoms with Gasteiger partial charge in [0, 0.05) is 18.1 Å². The number of nitrogens with one attached hydrogen (secondary N) is 2. The Labute approximate surface area is 188 Å². The number of halogens is 1. The molecule has 1 saturated heterocycles. The zero-order chi connectivity index (χ0) is 21.0. The van der Waals surface area contributed by atoms with E-state index in [1.165, 1.54) is 6.42 Å². The summed E-state index contributed by atoms with van der Waals surface area (Å²) in [6.45, 7) is 1.04. The maximum Gasteiger partial charge on any atom is 0.151 e. The van der Waals surface area contributed by atoms with Gasteiger partial charge in [0.15, 0.2) is 5.82 Å². The number of thiophene rings is 1. The van der Waals surface area contributed by atoms with E-state index in [9.17, 15) is 0 Å². The second-order valence-corrected chi connectivity index (χ2v) is 8.48. The molecule has 0 bridgehead atoms. The van der Waals surface area contributed by atoms with Gasteiger partial charge in [-0.25, -0.2) is 9.97 Å². The van der Waals surface area contributed by atoms with E-state index in [0.29, 0.717) is 16.5 Å². The van der Waals surface area contributed by atoms with Crippen molar-refractivity contribution >= 4 is 44.7 Å². The van der Waals surface area contributed by atoms with Crippen molar-refractivity contribution in [3.63, 3.8) is 0 Å². The highest BCUT2D eigenvalue weighted by molar-refractivity contribution is 7.20. The normalized spacial score (nSPS) is 15.5. The molecule has 154 valence electrons. The van der Waals surface area contributed by atoms with Crippen LogP contribution in [0.4, 0.5) is 11.5 Å². The number of fused-ring (bicyclic) bond motifs is 1. The molecule has 5 rings (SSSR count). The number of ether oxygens (including phenoxy) is 1. The highest BCUT2D eigenvalue weighted by Crippen LogP contribution is 2.34. The fourth-order valence-corrected chi connectivity index (χ4v) is 4.44. The lowest BCUT2D eigenvalue weighted by Gasteiger charge is -2.10. The van der Waals surface area contributed by atoms with Crippen LogP contribution >= 0.6 is 22.9 Å². The number of anilines is 2. The molecule has 1 aromatic carbocycles. The van der Waals surface area contributed by atoms with E-state index in [4.69, 9.17) is 16.3 Å². The molecule has 31 heavy (non-hydrogen) atoms. The molecule has 1 fully saturated rings. The second-order valence-electron chi connectivity index (χ2n) is 7.02. The summed E-state index contributed by atoms with van der Waals surface area (Å²) in [7, 11) is 0. The monoisotopic (exact) mass is 447 g/mol. The van der Waals surface area contributed by atoms with Crippen LogP contribution in [-0.2, 0) is 0 Å². The Bertz CT molecular complexity index is 1280. The van der Waals surface area contributed by atoms with Crippen LogP contribution in [0, 0.1) is 11.8 Å². The Morgan fingerprint density at radius 1 is 1.16 bits per heavy atom. The third-order valence-corrected chi connectivity index (χ3v) is 6.16. The quantitative estimate of drug-likeness (QED) is 0.409. The Balaban J connectivity index is 1.36. The zero-order valence-electron chi connectivity index (χ0n) is 16.4. The van der Waals surface area contributed by atoms with E-state index < -0.39 is 0 Å². The SMILES string of the molecule is Clc1cc(Nc2ncnc3cc(C#C[C@H]4CCCN4)sc23)ccc1Oc1ccncc1. The molecule has 3 aromatic heterocycles. The first-order chi connectivity index (χ1) is 15.2. The Kier molecular flexibility index (Phi) is 5.67. The van der Waals surface area contributed by atoms with Crippen molar-refractivity contribution in [2.75, 3.05) is 11.9 Å². The van der Waals surface area contributed by atoms with Crippen LogP contribution in [-0.4, -0.2) is 27.5 Å². The van der Waals surface area contributed by atoms with Gasteiger partial charge < -0.3 is 15.4 Å². The van der Waals surface area contributed by atoms with E-state index in [-0.39, 0.29) is 6.04 Å². The lowest BCUT2D eigenvalue weighted by Crippen LogP contribution is -2.18. The van der Waals surface area contributed by atoms with Crippen molar-refractivity contribution in [3.8, 4) is 23.3 Å². The van der Waals surface area contributed by atoms with Gasteiger partial charge in [-0.1, -0.05) is 23.4 Å². The number of aromatic nitrogens is 3. The van der Waals surface area contributed by atoms with Gasteiger partial charge in [0.1, 0.15) is 17.8 Å². The van der Waals surface area contributed by atoms with Gasteiger partial charge in [-0.3, -0.25) is 4.98 Å². The standard InChI is InChI=1S/C23H18ClN5OS/c24-19-12-16(4-6-21(19)30-17-7-10-25-11-8-17)29-23-22-20(27-14-28-23)13-18(31-22)5-3-15-2-1-9-26-15/h4,6-8,10-15,26H,1-2,9H2,(H,27,28,29)/t15-/m1/s1. The Morgan fingerprint density at radius 2 is 2.06 bits per heavy atom. The molecule has 1 atom stereocenters. The Morgan fingerprint density at radius 3 is 2.87 bits per heavy atom. The minimum atomic E-state index is 0.281. The average molecular weight is 448 g/mol. The van der Waals surface area contributed by atoms with E-state index in [0.717, 1.165) is 39.6 Å². The predicted molar refractivity (Wildman–Crippen MR) is 124 cm³/mol. The maximum absolute atomic E-state index is 6.44. The average Bonchev–Trinajstić information content (AvgIpc) is 3.45. The van der Waals surface area contributed by atoms with Gasteiger partial charge in [0.25, 0.3) is 0 Å². The van der Waals surface area contributed by atoms with Gasteiger partial charge in [0.2, 0.25) is 0 Å². The van der Waals surface area contributed by atoms with Crippen molar-refractivity contribution in [1.29, 1.82) is 0 Å². The first kappa shape index (κ1) is 19.8. The van der Waals surface area contributed by atoms with Crippen LogP contribution < -0.4 is 15.4 Å². The van der Waals surface area contributed by atoms with Crippen LogP contribution in [0.5, 0.6) is 11.5 Å². The fourth-order valence-electron chi connectivity index (χ4n) is 3.30. The number of benzene rings is 1. The lowest BCUT2D eigenvalue weighted by atomic mass is 10.2. The predicted octanol–water partition coefficient (Wildman–Crippen LogP) is 5.38. The minimum Gasteiger partial charge on any atom is -0.456 e. The number of rotatable bonds is 4. The highest BCUT2D eigenvalue weighted by atomic mass is 35.5. The third-order valence-electron chi connectivity index (χ3n) is 4.81. The third kappa shape index (κ3) is 4.62. The summed E-state index contributed by atoms with van der Waals surface area (Å²) in [6, 6.07) is 11.4. The van der Waals surface area contributed by atoms with Crippen molar-refractivity contribution in [2.45, 2.75) is 18.9 Å². The van der Waals surface area contributed by atoms with E-state index in [1.54, 1.807) is 42.2 Å². The van der Waals surface area contributed by atoms with Crippen LogP contribution in [0.1, 0.15) is 17.7 Å². The van der Waals surface area contributed by atoms with Crippen molar-refractivity contribution in [2.24, 2.45) is 0 Å². The van der Waals surface area contributed by atoms with Gasteiger partial charge in [-0.2, -0.15) is 0 Å². The zero-order valence-corrected chi connectivity index (χ0v) is 18.0. The minimum absolute atomic E-state index is 0.281. The number of nitrogens with zero attached hydrogens (tertiary/aromatic N) is 3. The topological polar surface area (TPSA) is 72.0 Å².